The van der Waals surface area contributed by atoms with Crippen molar-refractivity contribution in [3.8, 4) is 0 Å². The highest BCUT2D eigenvalue weighted by Gasteiger charge is 2.69. The highest BCUT2D eigenvalue weighted by atomic mass is 16.8. The van der Waals surface area contributed by atoms with Crippen LogP contribution in [0, 0.1) is 0 Å². The van der Waals surface area contributed by atoms with Crippen LogP contribution in [0.15, 0.2) is 17.4 Å². The first-order valence-electron chi connectivity index (χ1n) is 8.23. The van der Waals surface area contributed by atoms with Crippen molar-refractivity contribution in [1.29, 1.82) is 0 Å². The number of hydrogen-bond acceptors (Lipinski definition) is 17. The average Bonchev–Trinajstić information content (AvgIpc) is 2.65. The molecule has 0 aromatic heterocycles. The molecule has 1 amide bonds. The number of rotatable bonds is 12. The zero-order chi connectivity index (χ0) is 25.5. The molecule has 0 aromatic rings. The van der Waals surface area contributed by atoms with Gasteiger partial charge >= 0.3 is 23.5 Å². The van der Waals surface area contributed by atoms with E-state index in [-0.39, 0.29) is 12.2 Å². The molecular weight excluding hydrogens is 450 g/mol. The summed E-state index contributed by atoms with van der Waals surface area (Å²) in [4.78, 5) is 23.3. The second kappa shape index (κ2) is 11.4. The summed E-state index contributed by atoms with van der Waals surface area (Å²) in [5, 5.41) is 106. The van der Waals surface area contributed by atoms with E-state index < -0.39 is 48.4 Å². The number of nitrogens with zero attached hydrogens (tertiary/aromatic N) is 2. The number of carbonyl (C=O) groups is 2. The first-order chi connectivity index (χ1) is 14.4. The van der Waals surface area contributed by atoms with Crippen molar-refractivity contribution in [3.63, 3.8) is 0 Å². The summed E-state index contributed by atoms with van der Waals surface area (Å²) in [6.07, 6.45) is -6.48. The van der Waals surface area contributed by atoms with Crippen LogP contribution in [0.4, 0.5) is 0 Å². The van der Waals surface area contributed by atoms with Crippen molar-refractivity contribution in [3.05, 3.63) is 12.3 Å². The Balaban J connectivity index is 5.50. The fourth-order valence-corrected chi connectivity index (χ4v) is 1.85. The first kappa shape index (κ1) is 29.5. The largest absolute Gasteiger partial charge is 0.430 e. The number of carbonyl (C=O) groups excluding carboxylic acids is 2. The number of esters is 1. The second-order valence-corrected chi connectivity index (χ2v) is 6.12. The van der Waals surface area contributed by atoms with Gasteiger partial charge in [-0.2, -0.15) is 0 Å². The SMILES string of the molecule is CC(OC(C(O)O)C(O)OC(=O)C(O)(C(O)(O)O)C(O)(O)O)N(C)/C=C\C(=NO)NC=O. The Bertz CT molecular complexity index is 670. The van der Waals surface area contributed by atoms with Crippen LogP contribution < -0.4 is 5.32 Å². The normalized spacial score (nSPS) is 16.6. The van der Waals surface area contributed by atoms with E-state index in [2.05, 4.69) is 9.89 Å². The number of aliphatic hydroxyl groups excluding tert-OH is 2. The molecule has 0 rings (SSSR count). The molecule has 32 heavy (non-hydrogen) atoms. The summed E-state index contributed by atoms with van der Waals surface area (Å²) in [6, 6.07) is 0. The lowest BCUT2D eigenvalue weighted by Gasteiger charge is -2.38. The van der Waals surface area contributed by atoms with Crippen LogP contribution >= 0.6 is 0 Å². The van der Waals surface area contributed by atoms with Gasteiger partial charge in [0, 0.05) is 19.3 Å². The number of ether oxygens (including phenoxy) is 2. The Morgan fingerprint density at radius 2 is 1.56 bits per heavy atom. The first-order valence-corrected chi connectivity index (χ1v) is 8.23. The van der Waals surface area contributed by atoms with Crippen LogP contribution in [0.2, 0.25) is 0 Å². The fraction of sp³-hybridized carbons (Fsp3) is 0.643. The molecule has 0 spiro atoms. The fourth-order valence-electron chi connectivity index (χ4n) is 1.85. The van der Waals surface area contributed by atoms with Gasteiger partial charge in [-0.25, -0.2) is 4.79 Å². The molecule has 0 saturated carbocycles. The molecule has 0 radical (unpaired) electrons. The van der Waals surface area contributed by atoms with Gasteiger partial charge in [0.1, 0.15) is 6.23 Å². The second-order valence-electron chi connectivity index (χ2n) is 6.12. The monoisotopic (exact) mass is 475 g/mol. The number of aliphatic hydroxyl groups is 10. The lowest BCUT2D eigenvalue weighted by atomic mass is 9.98. The van der Waals surface area contributed by atoms with Gasteiger partial charge in [0.05, 0.1) is 0 Å². The van der Waals surface area contributed by atoms with E-state index in [4.69, 9.17) is 40.6 Å². The van der Waals surface area contributed by atoms with E-state index in [1.807, 2.05) is 5.32 Å². The Morgan fingerprint density at radius 1 is 1.06 bits per heavy atom. The molecule has 0 aliphatic carbocycles. The molecule has 0 fully saturated rings. The molecule has 0 bridgehead atoms. The molecule has 18 heteroatoms. The van der Waals surface area contributed by atoms with Crippen molar-refractivity contribution < 1.29 is 75.3 Å². The number of amides is 1. The maximum atomic E-state index is 11.9. The Kier molecular flexibility index (Phi) is 10.5. The average molecular weight is 475 g/mol. The predicted molar refractivity (Wildman–Crippen MR) is 93.7 cm³/mol. The quantitative estimate of drug-likeness (QED) is 0.0237. The summed E-state index contributed by atoms with van der Waals surface area (Å²) < 4.78 is 9.09. The van der Waals surface area contributed by atoms with E-state index in [0.29, 0.717) is 0 Å². The van der Waals surface area contributed by atoms with Gasteiger partial charge in [-0.3, -0.25) is 4.79 Å². The summed E-state index contributed by atoms with van der Waals surface area (Å²) in [6.45, 7) is 1.24. The third-order valence-corrected chi connectivity index (χ3v) is 3.78. The van der Waals surface area contributed by atoms with Gasteiger partial charge in [-0.1, -0.05) is 5.16 Å². The van der Waals surface area contributed by atoms with Gasteiger partial charge in [-0.05, 0) is 6.92 Å². The van der Waals surface area contributed by atoms with Gasteiger partial charge in [0.15, 0.2) is 18.2 Å². The molecule has 0 heterocycles. The maximum absolute atomic E-state index is 11.9. The highest BCUT2D eigenvalue weighted by molar-refractivity contribution is 5.98. The van der Waals surface area contributed by atoms with Crippen molar-refractivity contribution >= 4 is 18.2 Å². The van der Waals surface area contributed by atoms with Gasteiger partial charge < -0.3 is 76.0 Å². The predicted octanol–water partition coefficient (Wildman–Crippen LogP) is -7.14. The van der Waals surface area contributed by atoms with Crippen molar-refractivity contribution in [2.45, 2.75) is 49.4 Å². The van der Waals surface area contributed by atoms with E-state index in [0.717, 1.165) is 17.2 Å². The molecule has 3 unspecified atom stereocenters. The summed E-state index contributed by atoms with van der Waals surface area (Å²) in [5.41, 5.74) is -4.69. The minimum Gasteiger partial charge on any atom is -0.430 e. The molecule has 0 aliphatic heterocycles. The summed E-state index contributed by atoms with van der Waals surface area (Å²) >= 11 is 0. The van der Waals surface area contributed by atoms with E-state index in [1.165, 1.54) is 14.0 Å². The molecule has 186 valence electrons. The van der Waals surface area contributed by atoms with Gasteiger partial charge in [0.25, 0.3) is 0 Å². The number of nitrogens with one attached hydrogen (secondary N) is 1. The molecule has 0 aliphatic rings. The molecule has 0 aromatic carbocycles. The smallest absolute Gasteiger partial charge is 0.358 e. The lowest BCUT2D eigenvalue weighted by molar-refractivity contribution is -0.482. The van der Waals surface area contributed by atoms with Crippen LogP contribution in [0.25, 0.3) is 0 Å². The van der Waals surface area contributed by atoms with E-state index >= 15 is 0 Å². The summed E-state index contributed by atoms with van der Waals surface area (Å²) in [7, 11) is 1.31. The van der Waals surface area contributed by atoms with Crippen LogP contribution in [-0.2, 0) is 19.1 Å². The van der Waals surface area contributed by atoms with Crippen LogP contribution in [0.3, 0.4) is 0 Å². The van der Waals surface area contributed by atoms with Crippen LogP contribution in [0.1, 0.15) is 6.92 Å². The number of oxime groups is 1. The Hall–Kier alpha value is -2.49. The van der Waals surface area contributed by atoms with Gasteiger partial charge in [0.2, 0.25) is 12.7 Å². The Morgan fingerprint density at radius 3 is 1.94 bits per heavy atom. The summed E-state index contributed by atoms with van der Waals surface area (Å²) in [5.74, 6) is -12.4. The number of amidine groups is 1. The molecule has 12 N–H and O–H groups in total. The third kappa shape index (κ3) is 7.29. The zero-order valence-electron chi connectivity index (χ0n) is 16.5. The van der Waals surface area contributed by atoms with Crippen LogP contribution in [-0.4, -0.2) is 129 Å². The molecule has 0 saturated heterocycles. The van der Waals surface area contributed by atoms with Gasteiger partial charge in [-0.15, -0.1) is 0 Å². The zero-order valence-corrected chi connectivity index (χ0v) is 16.5. The lowest BCUT2D eigenvalue weighted by Crippen LogP contribution is -2.73. The topological polar surface area (TPSA) is 303 Å². The van der Waals surface area contributed by atoms with Crippen molar-refractivity contribution in [1.82, 2.24) is 10.2 Å². The molecule has 3 atom stereocenters. The highest BCUT2D eigenvalue weighted by Crippen LogP contribution is 2.29. The molecule has 18 nitrogen and oxygen atoms in total. The van der Waals surface area contributed by atoms with E-state index in [1.54, 1.807) is 0 Å². The maximum Gasteiger partial charge on any atom is 0.358 e. The number of hydrogen-bond donors (Lipinski definition) is 12. The van der Waals surface area contributed by atoms with E-state index in [9.17, 15) is 30.0 Å². The van der Waals surface area contributed by atoms with Crippen molar-refractivity contribution in [2.75, 3.05) is 7.05 Å². The minimum absolute atomic E-state index is 0.197. The van der Waals surface area contributed by atoms with Crippen molar-refractivity contribution in [2.24, 2.45) is 5.16 Å². The molecular formula is C14H25N3O15. The third-order valence-electron chi connectivity index (χ3n) is 3.78. The van der Waals surface area contributed by atoms with Crippen LogP contribution in [0.5, 0.6) is 0 Å². The minimum atomic E-state index is -4.73. The standard InChI is InChI=1S/C14H25N3O15/c1-6(17(2)4-3-7(16-30)15-5-18)31-8(9(19)20)10(21)32-11(22)12(23,13(24,25)26)14(27,28)29/h3-6,8-10,19-21,23-30H,1-2H3,(H,15,16,18)/b4-3-. The Labute approximate surface area is 178 Å².